The van der Waals surface area contributed by atoms with Crippen LogP contribution in [0.3, 0.4) is 0 Å². The molecule has 120 valence electrons. The largest absolute Gasteiger partial charge is 0.329 e. The van der Waals surface area contributed by atoms with Crippen molar-refractivity contribution in [2.45, 2.75) is 19.0 Å². The van der Waals surface area contributed by atoms with Crippen LogP contribution in [0.25, 0.3) is 0 Å². The molecule has 1 aromatic heterocycles. The van der Waals surface area contributed by atoms with Crippen LogP contribution in [0.15, 0.2) is 42.6 Å². The van der Waals surface area contributed by atoms with Gasteiger partial charge in [0.15, 0.2) is 0 Å². The van der Waals surface area contributed by atoms with Crippen LogP contribution in [0.1, 0.15) is 22.5 Å². The van der Waals surface area contributed by atoms with E-state index in [0.29, 0.717) is 22.2 Å². The summed E-state index contributed by atoms with van der Waals surface area (Å²) in [5, 5.41) is 0.915. The first-order valence-corrected chi connectivity index (χ1v) is 9.30. The van der Waals surface area contributed by atoms with Crippen molar-refractivity contribution in [1.29, 1.82) is 0 Å². The molecule has 6 heteroatoms. The van der Waals surface area contributed by atoms with Crippen LogP contribution in [-0.2, 0) is 6.54 Å². The molecule has 23 heavy (non-hydrogen) atoms. The number of aromatic nitrogens is 1. The topological polar surface area (TPSA) is 33.2 Å². The maximum absolute atomic E-state index is 13.0. The van der Waals surface area contributed by atoms with Crippen molar-refractivity contribution >= 4 is 40.9 Å². The molecule has 1 fully saturated rings. The summed E-state index contributed by atoms with van der Waals surface area (Å²) in [6, 6.07) is 11.0. The number of halogens is 2. The number of carbonyl (C=O) groups is 1. The second-order valence-corrected chi connectivity index (χ2v) is 7.39. The Morgan fingerprint density at radius 2 is 2.17 bits per heavy atom. The third kappa shape index (κ3) is 4.00. The van der Waals surface area contributed by atoms with Gasteiger partial charge in [0.05, 0.1) is 22.8 Å². The van der Waals surface area contributed by atoms with E-state index in [4.69, 9.17) is 23.2 Å². The number of nitrogens with zero attached hydrogens (tertiary/aromatic N) is 2. The average molecular weight is 367 g/mol. The Labute approximate surface area is 150 Å². The first-order chi connectivity index (χ1) is 11.1. The van der Waals surface area contributed by atoms with E-state index in [0.717, 1.165) is 23.6 Å². The van der Waals surface area contributed by atoms with Gasteiger partial charge in [-0.3, -0.25) is 9.78 Å². The molecule has 3 rings (SSSR count). The average Bonchev–Trinajstić information content (AvgIpc) is 3.07. The van der Waals surface area contributed by atoms with Crippen LogP contribution < -0.4 is 0 Å². The second-order valence-electron chi connectivity index (χ2n) is 5.40. The van der Waals surface area contributed by atoms with Crippen LogP contribution in [0.5, 0.6) is 0 Å². The minimum absolute atomic E-state index is 0.0650. The van der Waals surface area contributed by atoms with E-state index in [-0.39, 0.29) is 11.9 Å². The summed E-state index contributed by atoms with van der Waals surface area (Å²) in [6.07, 6.45) is 2.74. The van der Waals surface area contributed by atoms with Gasteiger partial charge < -0.3 is 4.90 Å². The number of hydrogen-bond acceptors (Lipinski definition) is 3. The van der Waals surface area contributed by atoms with E-state index in [9.17, 15) is 4.79 Å². The van der Waals surface area contributed by atoms with Crippen molar-refractivity contribution < 1.29 is 4.79 Å². The monoisotopic (exact) mass is 366 g/mol. The molecule has 1 saturated heterocycles. The fourth-order valence-electron chi connectivity index (χ4n) is 2.62. The lowest BCUT2D eigenvalue weighted by Gasteiger charge is -2.28. The number of carbonyl (C=O) groups excluding carboxylic acids is 1. The zero-order valence-corrected chi connectivity index (χ0v) is 14.7. The smallest absolute Gasteiger partial charge is 0.256 e. The molecule has 1 amide bonds. The first kappa shape index (κ1) is 16.6. The molecule has 1 aliphatic rings. The van der Waals surface area contributed by atoms with Gasteiger partial charge in [-0.05, 0) is 42.5 Å². The van der Waals surface area contributed by atoms with Crippen molar-refractivity contribution in [2.75, 3.05) is 11.5 Å². The molecule has 1 aliphatic heterocycles. The van der Waals surface area contributed by atoms with E-state index in [1.807, 2.05) is 34.9 Å². The van der Waals surface area contributed by atoms with Gasteiger partial charge in [0.1, 0.15) is 0 Å². The summed E-state index contributed by atoms with van der Waals surface area (Å²) in [5.41, 5.74) is 1.37. The van der Waals surface area contributed by atoms with Gasteiger partial charge in [-0.25, -0.2) is 0 Å². The van der Waals surface area contributed by atoms with Crippen LogP contribution >= 0.6 is 35.0 Å². The maximum atomic E-state index is 13.0. The highest BCUT2D eigenvalue weighted by Crippen LogP contribution is 2.28. The molecule has 0 aliphatic carbocycles. The molecule has 0 spiro atoms. The minimum atomic E-state index is -0.0650. The van der Waals surface area contributed by atoms with Gasteiger partial charge in [-0.1, -0.05) is 29.3 Å². The molecule has 0 unspecified atom stereocenters. The third-order valence-electron chi connectivity index (χ3n) is 3.83. The van der Waals surface area contributed by atoms with Gasteiger partial charge in [-0.15, -0.1) is 0 Å². The number of pyridine rings is 1. The molecule has 2 aromatic rings. The van der Waals surface area contributed by atoms with E-state index < -0.39 is 0 Å². The molecule has 3 nitrogen and oxygen atoms in total. The Hall–Kier alpha value is -1.23. The van der Waals surface area contributed by atoms with Gasteiger partial charge in [0, 0.05) is 23.0 Å². The lowest BCUT2D eigenvalue weighted by atomic mass is 10.1. The molecule has 0 bridgehead atoms. The minimum Gasteiger partial charge on any atom is -0.329 e. The quantitative estimate of drug-likeness (QED) is 0.796. The fraction of sp³-hybridized carbons (Fsp3) is 0.294. The first-order valence-electron chi connectivity index (χ1n) is 7.39. The lowest BCUT2D eigenvalue weighted by molar-refractivity contribution is 0.0678. The maximum Gasteiger partial charge on any atom is 0.256 e. The molecule has 0 radical (unpaired) electrons. The molecular formula is C17H16Cl2N2OS. The molecule has 0 saturated carbocycles. The summed E-state index contributed by atoms with van der Waals surface area (Å²) in [4.78, 5) is 19.3. The molecule has 1 atom stereocenters. The van der Waals surface area contributed by atoms with Crippen molar-refractivity contribution in [3.8, 4) is 0 Å². The molecular weight excluding hydrogens is 351 g/mol. The highest BCUT2D eigenvalue weighted by molar-refractivity contribution is 7.99. The van der Waals surface area contributed by atoms with E-state index in [1.165, 1.54) is 0 Å². The van der Waals surface area contributed by atoms with Gasteiger partial charge in [0.2, 0.25) is 0 Å². The lowest BCUT2D eigenvalue weighted by Crippen LogP contribution is -2.40. The predicted octanol–water partition coefficient (Wildman–Crippen LogP) is 4.54. The summed E-state index contributed by atoms with van der Waals surface area (Å²) in [7, 11) is 0. The van der Waals surface area contributed by atoms with E-state index >= 15 is 0 Å². The van der Waals surface area contributed by atoms with Crippen LogP contribution in [0, 0.1) is 0 Å². The van der Waals surface area contributed by atoms with Gasteiger partial charge >= 0.3 is 0 Å². The van der Waals surface area contributed by atoms with Crippen molar-refractivity contribution in [1.82, 2.24) is 9.88 Å². The summed E-state index contributed by atoms with van der Waals surface area (Å²) < 4.78 is 0. The van der Waals surface area contributed by atoms with Crippen LogP contribution in [0.2, 0.25) is 10.0 Å². The highest BCUT2D eigenvalue weighted by atomic mass is 35.5. The zero-order valence-electron chi connectivity index (χ0n) is 12.4. The Morgan fingerprint density at radius 1 is 1.30 bits per heavy atom. The Balaban J connectivity index is 1.89. The molecule has 2 heterocycles. The van der Waals surface area contributed by atoms with Crippen molar-refractivity contribution in [3.05, 3.63) is 63.9 Å². The van der Waals surface area contributed by atoms with Gasteiger partial charge in [0.25, 0.3) is 5.91 Å². The summed E-state index contributed by atoms with van der Waals surface area (Å²) in [5.74, 6) is 1.96. The van der Waals surface area contributed by atoms with E-state index in [1.54, 1.807) is 24.4 Å². The van der Waals surface area contributed by atoms with Crippen molar-refractivity contribution in [3.63, 3.8) is 0 Å². The van der Waals surface area contributed by atoms with Crippen molar-refractivity contribution in [2.24, 2.45) is 0 Å². The number of thioether (sulfide) groups is 1. The van der Waals surface area contributed by atoms with Crippen LogP contribution in [-0.4, -0.2) is 33.3 Å². The predicted molar refractivity (Wildman–Crippen MR) is 96.3 cm³/mol. The van der Waals surface area contributed by atoms with Gasteiger partial charge in [-0.2, -0.15) is 11.8 Å². The zero-order chi connectivity index (χ0) is 16.2. The number of hydrogen-bond donors (Lipinski definition) is 0. The normalized spacial score (nSPS) is 17.2. The standard InChI is InChI=1S/C17H16Cl2N2OS/c18-12-4-5-15(16(19)9-12)17(22)21(14-6-8-23-11-14)10-13-3-1-2-7-20-13/h1-5,7,9,14H,6,8,10-11H2/t14-/m1/s1. The Morgan fingerprint density at radius 3 is 2.83 bits per heavy atom. The molecule has 0 N–H and O–H groups in total. The third-order valence-corrected chi connectivity index (χ3v) is 5.52. The Kier molecular flexibility index (Phi) is 5.46. The number of benzene rings is 1. The fourth-order valence-corrected chi connectivity index (χ4v) is 4.33. The van der Waals surface area contributed by atoms with E-state index in [2.05, 4.69) is 4.98 Å². The summed E-state index contributed by atoms with van der Waals surface area (Å²) >= 11 is 14.0. The molecule has 1 aromatic carbocycles. The Bertz CT molecular complexity index is 690. The number of amides is 1. The SMILES string of the molecule is O=C(c1ccc(Cl)cc1Cl)N(Cc1ccccn1)[C@@H]1CCSC1. The van der Waals surface area contributed by atoms with Crippen LogP contribution in [0.4, 0.5) is 0 Å². The highest BCUT2D eigenvalue weighted by Gasteiger charge is 2.29. The summed E-state index contributed by atoms with van der Waals surface area (Å²) in [6.45, 7) is 0.490. The second kappa shape index (κ2) is 7.56. The number of rotatable bonds is 4.